The molecule has 3 aromatic rings. The van der Waals surface area contributed by atoms with Crippen LogP contribution in [-0.4, -0.2) is 40.1 Å². The summed E-state index contributed by atoms with van der Waals surface area (Å²) in [6, 6.07) is 19.8. The lowest BCUT2D eigenvalue weighted by Gasteiger charge is -2.34. The summed E-state index contributed by atoms with van der Waals surface area (Å²) in [5.41, 5.74) is 2.83. The van der Waals surface area contributed by atoms with Crippen LogP contribution in [0.5, 0.6) is 0 Å². The van der Waals surface area contributed by atoms with E-state index in [2.05, 4.69) is 17.1 Å². The molecule has 1 saturated heterocycles. The molecule has 4 nitrogen and oxygen atoms in total. The second-order valence-corrected chi connectivity index (χ2v) is 7.60. The summed E-state index contributed by atoms with van der Waals surface area (Å²) in [5.74, 6) is 0.331. The van der Waals surface area contributed by atoms with Gasteiger partial charge in [0.1, 0.15) is 0 Å². The molecule has 4 heteroatoms. The van der Waals surface area contributed by atoms with Crippen LogP contribution in [0.4, 0.5) is 0 Å². The minimum absolute atomic E-state index is 0.0656. The first-order valence-corrected chi connectivity index (χ1v) is 10.1. The molecule has 0 spiro atoms. The molecule has 0 unspecified atom stereocenters. The van der Waals surface area contributed by atoms with Crippen molar-refractivity contribution in [2.45, 2.75) is 31.8 Å². The summed E-state index contributed by atoms with van der Waals surface area (Å²) in [7, 11) is 0. The van der Waals surface area contributed by atoms with Crippen LogP contribution in [0.3, 0.4) is 0 Å². The number of carbonyl (C=O) groups excluding carboxylic acids is 1. The van der Waals surface area contributed by atoms with Gasteiger partial charge in [-0.2, -0.15) is 0 Å². The molecule has 0 radical (unpaired) electrons. The van der Waals surface area contributed by atoms with Crippen molar-refractivity contribution in [3.05, 3.63) is 78.0 Å². The van der Waals surface area contributed by atoms with Crippen LogP contribution in [0.15, 0.2) is 66.9 Å². The van der Waals surface area contributed by atoms with Crippen LogP contribution in [0.25, 0.3) is 10.9 Å². The van der Waals surface area contributed by atoms with E-state index < -0.39 is 0 Å². The monoisotopic (exact) mass is 374 g/mol. The molecule has 1 aliphatic heterocycles. The van der Waals surface area contributed by atoms with E-state index in [9.17, 15) is 9.90 Å². The molecule has 1 amide bonds. The molecule has 1 atom stereocenters. The standard InChI is InChI=1S/C24H26N2O2/c27-23(12-11-18-6-2-1-3-7-18)19-13-16-26(17-14-19)24(28)21-8-4-10-22-20(21)9-5-15-25-22/h1-10,15,19,23,27H,11-14,16-17H2/t23-/m1/s1. The van der Waals surface area contributed by atoms with Gasteiger partial charge in [-0.25, -0.2) is 0 Å². The molecule has 28 heavy (non-hydrogen) atoms. The molecule has 1 fully saturated rings. The zero-order chi connectivity index (χ0) is 19.3. The third kappa shape index (κ3) is 4.07. The van der Waals surface area contributed by atoms with Crippen LogP contribution >= 0.6 is 0 Å². The largest absolute Gasteiger partial charge is 0.393 e. The average Bonchev–Trinajstić information content (AvgIpc) is 2.77. The van der Waals surface area contributed by atoms with E-state index >= 15 is 0 Å². The molecule has 144 valence electrons. The number of aryl methyl sites for hydroxylation is 1. The first-order valence-electron chi connectivity index (χ1n) is 10.1. The van der Waals surface area contributed by atoms with Gasteiger partial charge in [-0.15, -0.1) is 0 Å². The Hall–Kier alpha value is -2.72. The van der Waals surface area contributed by atoms with Gasteiger partial charge < -0.3 is 10.0 Å². The lowest BCUT2D eigenvalue weighted by atomic mass is 9.88. The normalized spacial score (nSPS) is 16.2. The van der Waals surface area contributed by atoms with E-state index in [0.717, 1.165) is 36.6 Å². The second-order valence-electron chi connectivity index (χ2n) is 7.60. The van der Waals surface area contributed by atoms with Crippen molar-refractivity contribution in [1.82, 2.24) is 9.88 Å². The van der Waals surface area contributed by atoms with Crippen molar-refractivity contribution in [1.29, 1.82) is 0 Å². The molecular weight excluding hydrogens is 348 g/mol. The number of pyridine rings is 1. The van der Waals surface area contributed by atoms with Crippen molar-refractivity contribution >= 4 is 16.8 Å². The van der Waals surface area contributed by atoms with E-state index in [1.807, 2.05) is 53.4 Å². The Bertz CT molecular complexity index is 928. The van der Waals surface area contributed by atoms with E-state index in [4.69, 9.17) is 0 Å². The minimum Gasteiger partial charge on any atom is -0.393 e. The molecule has 1 aliphatic rings. The Balaban J connectivity index is 1.35. The number of benzene rings is 2. The fourth-order valence-electron chi connectivity index (χ4n) is 4.14. The van der Waals surface area contributed by atoms with Crippen LogP contribution in [0.1, 0.15) is 35.2 Å². The lowest BCUT2D eigenvalue weighted by Crippen LogP contribution is -2.41. The number of rotatable bonds is 5. The first kappa shape index (κ1) is 18.6. The topological polar surface area (TPSA) is 53.4 Å². The Labute approximate surface area is 165 Å². The second kappa shape index (κ2) is 8.53. The highest BCUT2D eigenvalue weighted by Crippen LogP contribution is 2.26. The smallest absolute Gasteiger partial charge is 0.254 e. The van der Waals surface area contributed by atoms with E-state index in [1.165, 1.54) is 5.56 Å². The number of hydrogen-bond donors (Lipinski definition) is 1. The highest BCUT2D eigenvalue weighted by atomic mass is 16.3. The summed E-state index contributed by atoms with van der Waals surface area (Å²) in [4.78, 5) is 19.3. The van der Waals surface area contributed by atoms with Crippen LogP contribution in [-0.2, 0) is 6.42 Å². The van der Waals surface area contributed by atoms with Crippen LogP contribution in [0, 0.1) is 5.92 Å². The van der Waals surface area contributed by atoms with Crippen molar-refractivity contribution < 1.29 is 9.90 Å². The number of aromatic nitrogens is 1. The van der Waals surface area contributed by atoms with Gasteiger partial charge in [0.25, 0.3) is 5.91 Å². The van der Waals surface area contributed by atoms with Crippen molar-refractivity contribution in [3.63, 3.8) is 0 Å². The van der Waals surface area contributed by atoms with Crippen LogP contribution in [0.2, 0.25) is 0 Å². The minimum atomic E-state index is -0.306. The molecule has 2 heterocycles. The summed E-state index contributed by atoms with van der Waals surface area (Å²) >= 11 is 0. The highest BCUT2D eigenvalue weighted by Gasteiger charge is 2.28. The van der Waals surface area contributed by atoms with Gasteiger partial charge in [-0.3, -0.25) is 9.78 Å². The van der Waals surface area contributed by atoms with Gasteiger partial charge in [-0.05, 0) is 55.4 Å². The van der Waals surface area contributed by atoms with Gasteiger partial charge in [0, 0.05) is 30.2 Å². The fraction of sp³-hybridized carbons (Fsp3) is 0.333. The van der Waals surface area contributed by atoms with Gasteiger partial charge in [0.05, 0.1) is 11.6 Å². The Kier molecular flexibility index (Phi) is 5.68. The number of amides is 1. The zero-order valence-electron chi connectivity index (χ0n) is 16.0. The Morgan fingerprint density at radius 3 is 2.61 bits per heavy atom. The predicted molar refractivity (Wildman–Crippen MR) is 111 cm³/mol. The number of aliphatic hydroxyl groups excluding tert-OH is 1. The average molecular weight is 374 g/mol. The maximum absolute atomic E-state index is 13.0. The summed E-state index contributed by atoms with van der Waals surface area (Å²) < 4.78 is 0. The van der Waals surface area contributed by atoms with Crippen molar-refractivity contribution in [3.8, 4) is 0 Å². The number of aliphatic hydroxyl groups is 1. The number of nitrogens with zero attached hydrogens (tertiary/aromatic N) is 2. The van der Waals surface area contributed by atoms with E-state index in [1.54, 1.807) is 6.20 Å². The Morgan fingerprint density at radius 2 is 1.82 bits per heavy atom. The number of hydrogen-bond acceptors (Lipinski definition) is 3. The maximum atomic E-state index is 13.0. The summed E-state index contributed by atoms with van der Waals surface area (Å²) in [6.45, 7) is 1.39. The highest BCUT2D eigenvalue weighted by molar-refractivity contribution is 6.06. The quantitative estimate of drug-likeness (QED) is 0.732. The third-order valence-corrected chi connectivity index (χ3v) is 5.82. The third-order valence-electron chi connectivity index (χ3n) is 5.82. The van der Waals surface area contributed by atoms with E-state index in [-0.39, 0.29) is 17.9 Å². The molecule has 0 bridgehead atoms. The summed E-state index contributed by atoms with van der Waals surface area (Å²) in [6.07, 6.45) is 4.81. The lowest BCUT2D eigenvalue weighted by molar-refractivity contribution is 0.0438. The van der Waals surface area contributed by atoms with Crippen LogP contribution < -0.4 is 0 Å². The maximum Gasteiger partial charge on any atom is 0.254 e. The van der Waals surface area contributed by atoms with Gasteiger partial charge in [-0.1, -0.05) is 42.5 Å². The number of fused-ring (bicyclic) bond motifs is 1. The molecule has 0 saturated carbocycles. The SMILES string of the molecule is O=C(c1cccc2ncccc12)N1CCC([C@H](O)CCc2ccccc2)CC1. The van der Waals surface area contributed by atoms with Crippen molar-refractivity contribution in [2.24, 2.45) is 5.92 Å². The fourth-order valence-corrected chi connectivity index (χ4v) is 4.14. The Morgan fingerprint density at radius 1 is 1.04 bits per heavy atom. The number of likely N-dealkylation sites (tertiary alicyclic amines) is 1. The molecule has 2 aromatic carbocycles. The van der Waals surface area contributed by atoms with Gasteiger partial charge in [0.15, 0.2) is 0 Å². The molecule has 0 aliphatic carbocycles. The molecule has 4 rings (SSSR count). The molecule has 1 aromatic heterocycles. The van der Waals surface area contributed by atoms with E-state index in [0.29, 0.717) is 18.7 Å². The van der Waals surface area contributed by atoms with Gasteiger partial charge >= 0.3 is 0 Å². The predicted octanol–water partition coefficient (Wildman–Crippen LogP) is 4.08. The van der Waals surface area contributed by atoms with Crippen molar-refractivity contribution in [2.75, 3.05) is 13.1 Å². The van der Waals surface area contributed by atoms with Gasteiger partial charge in [0.2, 0.25) is 0 Å². The molecular formula is C24H26N2O2. The first-order chi connectivity index (χ1) is 13.7. The summed E-state index contributed by atoms with van der Waals surface area (Å²) in [5, 5.41) is 11.5. The number of carbonyl (C=O) groups is 1. The number of piperidine rings is 1. The molecule has 1 N–H and O–H groups in total. The zero-order valence-corrected chi connectivity index (χ0v) is 16.0.